The van der Waals surface area contributed by atoms with Crippen LogP contribution in [-0.2, 0) is 5.88 Å². The Bertz CT molecular complexity index is 441. The first-order valence-electron chi connectivity index (χ1n) is 4.06. The van der Waals surface area contributed by atoms with Crippen molar-refractivity contribution in [2.24, 2.45) is 0 Å². The van der Waals surface area contributed by atoms with Crippen LogP contribution in [0.3, 0.4) is 0 Å². The van der Waals surface area contributed by atoms with Gasteiger partial charge < -0.3 is 4.42 Å². The third-order valence-electron chi connectivity index (χ3n) is 1.79. The summed E-state index contributed by atoms with van der Waals surface area (Å²) >= 11 is 5.55. The van der Waals surface area contributed by atoms with E-state index in [1.54, 1.807) is 18.2 Å². The van der Waals surface area contributed by atoms with Gasteiger partial charge in [0, 0.05) is 0 Å². The zero-order chi connectivity index (χ0) is 9.97. The van der Waals surface area contributed by atoms with Crippen LogP contribution in [0.1, 0.15) is 5.69 Å². The third kappa shape index (κ3) is 1.63. The maximum atomic E-state index is 13.3. The standard InChI is InChI=1S/C10H7ClFNO/c11-5-7-6-14-10(13-7)8-3-1-2-4-9(8)12/h1-4,6H,5H2. The molecule has 0 saturated heterocycles. The molecule has 0 atom stereocenters. The zero-order valence-corrected chi connectivity index (χ0v) is 7.96. The molecule has 0 bridgehead atoms. The fraction of sp³-hybridized carbons (Fsp3) is 0.100. The quantitative estimate of drug-likeness (QED) is 0.713. The Kier molecular flexibility index (Phi) is 2.50. The van der Waals surface area contributed by atoms with Crippen LogP contribution in [0.15, 0.2) is 34.9 Å². The highest BCUT2D eigenvalue weighted by Crippen LogP contribution is 2.21. The lowest BCUT2D eigenvalue weighted by Gasteiger charge is -1.95. The molecule has 0 unspecified atom stereocenters. The second-order valence-electron chi connectivity index (χ2n) is 2.76. The van der Waals surface area contributed by atoms with Crippen molar-refractivity contribution in [2.75, 3.05) is 0 Å². The smallest absolute Gasteiger partial charge is 0.229 e. The third-order valence-corrected chi connectivity index (χ3v) is 2.07. The fourth-order valence-electron chi connectivity index (χ4n) is 1.13. The van der Waals surface area contributed by atoms with Gasteiger partial charge in [0.15, 0.2) is 0 Å². The molecule has 0 saturated carbocycles. The first-order valence-corrected chi connectivity index (χ1v) is 4.60. The summed E-state index contributed by atoms with van der Waals surface area (Å²) in [5, 5.41) is 0. The van der Waals surface area contributed by atoms with Crippen LogP contribution in [0.5, 0.6) is 0 Å². The van der Waals surface area contributed by atoms with Gasteiger partial charge in [0.2, 0.25) is 5.89 Å². The molecule has 1 aromatic heterocycles. The first-order chi connectivity index (χ1) is 6.81. The molecule has 2 rings (SSSR count). The van der Waals surface area contributed by atoms with Crippen LogP contribution < -0.4 is 0 Å². The van der Waals surface area contributed by atoms with E-state index in [9.17, 15) is 4.39 Å². The van der Waals surface area contributed by atoms with E-state index in [-0.39, 0.29) is 17.6 Å². The predicted octanol–water partition coefficient (Wildman–Crippen LogP) is 3.22. The zero-order valence-electron chi connectivity index (χ0n) is 7.21. The molecule has 0 N–H and O–H groups in total. The number of oxazole rings is 1. The Balaban J connectivity index is 2.44. The summed E-state index contributed by atoms with van der Waals surface area (Å²) in [6, 6.07) is 6.31. The van der Waals surface area contributed by atoms with Crippen molar-refractivity contribution in [2.45, 2.75) is 5.88 Å². The van der Waals surface area contributed by atoms with E-state index in [1.165, 1.54) is 12.3 Å². The maximum absolute atomic E-state index is 13.3. The second kappa shape index (κ2) is 3.80. The predicted molar refractivity (Wildman–Crippen MR) is 51.5 cm³/mol. The van der Waals surface area contributed by atoms with Crippen molar-refractivity contribution in [3.05, 3.63) is 42.0 Å². The van der Waals surface area contributed by atoms with Crippen molar-refractivity contribution >= 4 is 11.6 Å². The average molecular weight is 212 g/mol. The lowest BCUT2D eigenvalue weighted by molar-refractivity contribution is 0.561. The highest BCUT2D eigenvalue weighted by Gasteiger charge is 2.09. The van der Waals surface area contributed by atoms with Gasteiger partial charge in [-0.05, 0) is 12.1 Å². The van der Waals surface area contributed by atoms with E-state index >= 15 is 0 Å². The summed E-state index contributed by atoms with van der Waals surface area (Å²) in [5.74, 6) is 0.173. The van der Waals surface area contributed by atoms with Crippen LogP contribution in [0.4, 0.5) is 4.39 Å². The number of hydrogen-bond acceptors (Lipinski definition) is 2. The van der Waals surface area contributed by atoms with Crippen molar-refractivity contribution in [3.63, 3.8) is 0 Å². The van der Waals surface area contributed by atoms with Gasteiger partial charge in [-0.3, -0.25) is 0 Å². The molecule has 0 aliphatic rings. The van der Waals surface area contributed by atoms with Crippen LogP contribution in [-0.4, -0.2) is 4.98 Å². The largest absolute Gasteiger partial charge is 0.444 e. The van der Waals surface area contributed by atoms with Crippen molar-refractivity contribution in [1.82, 2.24) is 4.98 Å². The number of halogens is 2. The molecule has 14 heavy (non-hydrogen) atoms. The van der Waals surface area contributed by atoms with Gasteiger partial charge in [0.25, 0.3) is 0 Å². The van der Waals surface area contributed by atoms with Gasteiger partial charge >= 0.3 is 0 Å². The van der Waals surface area contributed by atoms with Gasteiger partial charge in [-0.25, -0.2) is 9.37 Å². The molecule has 1 heterocycles. The molecule has 2 aromatic rings. The number of nitrogens with zero attached hydrogens (tertiary/aromatic N) is 1. The first kappa shape index (κ1) is 9.21. The second-order valence-corrected chi connectivity index (χ2v) is 3.02. The number of aromatic nitrogens is 1. The van der Waals surface area contributed by atoms with E-state index in [1.807, 2.05) is 0 Å². The molecular formula is C10H7ClFNO. The molecule has 0 fully saturated rings. The SMILES string of the molecule is Fc1ccccc1-c1nc(CCl)co1. The summed E-state index contributed by atoms with van der Waals surface area (Å²) in [4.78, 5) is 4.02. The fourth-order valence-corrected chi connectivity index (χ4v) is 1.25. The lowest BCUT2D eigenvalue weighted by Crippen LogP contribution is -1.84. The lowest BCUT2D eigenvalue weighted by atomic mass is 10.2. The minimum Gasteiger partial charge on any atom is -0.444 e. The molecule has 0 radical (unpaired) electrons. The van der Waals surface area contributed by atoms with Gasteiger partial charge in [0.05, 0.1) is 17.1 Å². The Morgan fingerprint density at radius 3 is 2.79 bits per heavy atom. The van der Waals surface area contributed by atoms with Crippen molar-refractivity contribution in [1.29, 1.82) is 0 Å². The highest BCUT2D eigenvalue weighted by molar-refractivity contribution is 6.16. The van der Waals surface area contributed by atoms with Crippen LogP contribution in [0.2, 0.25) is 0 Å². The molecule has 0 spiro atoms. The normalized spacial score (nSPS) is 10.4. The van der Waals surface area contributed by atoms with E-state index in [0.717, 1.165) is 0 Å². The molecule has 1 aromatic carbocycles. The molecule has 0 aliphatic carbocycles. The Hall–Kier alpha value is -1.35. The number of alkyl halides is 1. The monoisotopic (exact) mass is 211 g/mol. The number of hydrogen-bond donors (Lipinski definition) is 0. The molecule has 72 valence electrons. The summed E-state index contributed by atoms with van der Waals surface area (Å²) in [7, 11) is 0. The minimum absolute atomic E-state index is 0.262. The molecule has 2 nitrogen and oxygen atoms in total. The summed E-state index contributed by atoms with van der Waals surface area (Å²) < 4.78 is 18.3. The number of benzene rings is 1. The van der Waals surface area contributed by atoms with E-state index < -0.39 is 0 Å². The van der Waals surface area contributed by atoms with Gasteiger partial charge in [-0.1, -0.05) is 12.1 Å². The summed E-state index contributed by atoms with van der Waals surface area (Å²) in [6.45, 7) is 0. The van der Waals surface area contributed by atoms with E-state index in [0.29, 0.717) is 11.3 Å². The minimum atomic E-state index is -0.351. The van der Waals surface area contributed by atoms with Crippen molar-refractivity contribution < 1.29 is 8.81 Å². The average Bonchev–Trinajstić information content (AvgIpc) is 2.67. The van der Waals surface area contributed by atoms with Gasteiger partial charge in [-0.2, -0.15) is 0 Å². The van der Waals surface area contributed by atoms with Crippen LogP contribution in [0.25, 0.3) is 11.5 Å². The highest BCUT2D eigenvalue weighted by atomic mass is 35.5. The molecular weight excluding hydrogens is 205 g/mol. The Morgan fingerprint density at radius 2 is 2.14 bits per heavy atom. The molecule has 4 heteroatoms. The molecule has 0 aliphatic heterocycles. The number of rotatable bonds is 2. The van der Waals surface area contributed by atoms with Gasteiger partial charge in [0.1, 0.15) is 12.1 Å². The van der Waals surface area contributed by atoms with E-state index in [2.05, 4.69) is 4.98 Å². The van der Waals surface area contributed by atoms with Crippen molar-refractivity contribution in [3.8, 4) is 11.5 Å². The topological polar surface area (TPSA) is 26.0 Å². The van der Waals surface area contributed by atoms with Crippen LogP contribution >= 0.6 is 11.6 Å². The summed E-state index contributed by atoms with van der Waals surface area (Å²) in [5.41, 5.74) is 0.953. The van der Waals surface area contributed by atoms with E-state index in [4.69, 9.17) is 16.0 Å². The van der Waals surface area contributed by atoms with Gasteiger partial charge in [-0.15, -0.1) is 11.6 Å². The maximum Gasteiger partial charge on any atom is 0.229 e. The van der Waals surface area contributed by atoms with Crippen LogP contribution in [0, 0.1) is 5.82 Å². The molecule has 0 amide bonds. The Labute approximate surface area is 85.3 Å². The Morgan fingerprint density at radius 1 is 1.36 bits per heavy atom. The summed E-state index contributed by atoms with van der Waals surface area (Å²) in [6.07, 6.45) is 1.43.